The van der Waals surface area contributed by atoms with E-state index < -0.39 is 17.3 Å². The summed E-state index contributed by atoms with van der Waals surface area (Å²) in [6.07, 6.45) is 0.644. The molecule has 2 aliphatic rings. The van der Waals surface area contributed by atoms with Crippen molar-refractivity contribution in [1.82, 2.24) is 15.6 Å². The summed E-state index contributed by atoms with van der Waals surface area (Å²) in [5, 5.41) is 6.38. The maximum Gasteiger partial charge on any atom is 0.416 e. The minimum atomic E-state index is -4.34. The van der Waals surface area contributed by atoms with Crippen LogP contribution in [0.2, 0.25) is 0 Å². The number of hydrogen-bond acceptors (Lipinski definition) is 3. The van der Waals surface area contributed by atoms with Crippen molar-refractivity contribution < 1.29 is 18.0 Å². The number of aromatic nitrogens is 1. The van der Waals surface area contributed by atoms with Crippen molar-refractivity contribution in [2.75, 3.05) is 6.54 Å². The van der Waals surface area contributed by atoms with Gasteiger partial charge in [-0.3, -0.25) is 15.1 Å². The highest BCUT2D eigenvalue weighted by molar-refractivity contribution is 5.87. The van der Waals surface area contributed by atoms with Crippen LogP contribution in [0.25, 0.3) is 11.1 Å². The van der Waals surface area contributed by atoms with Crippen LogP contribution in [0.15, 0.2) is 42.6 Å². The van der Waals surface area contributed by atoms with Crippen molar-refractivity contribution in [3.05, 3.63) is 53.9 Å². The predicted molar refractivity (Wildman–Crippen MR) is 102 cm³/mol. The van der Waals surface area contributed by atoms with Gasteiger partial charge in [0.05, 0.1) is 22.8 Å². The molecule has 1 spiro atoms. The summed E-state index contributed by atoms with van der Waals surface area (Å²) in [5.41, 5.74) is 1.14. The molecule has 28 heavy (non-hydrogen) atoms. The fourth-order valence-corrected chi connectivity index (χ4v) is 4.01. The summed E-state index contributed by atoms with van der Waals surface area (Å²) in [4.78, 5) is 16.7. The third-order valence-corrected chi connectivity index (χ3v) is 5.49. The van der Waals surface area contributed by atoms with E-state index in [1.54, 1.807) is 12.3 Å². The molecule has 2 fully saturated rings. The zero-order chi connectivity index (χ0) is 19.1. The number of hydrogen-bond donors (Lipinski definition) is 2. The number of benzene rings is 1. The molecule has 8 heteroatoms. The standard InChI is InChI=1S/C20H20F3N3O.ClH/c21-20(22,23)15-4-2-13(3-5-15)14-7-11-24-17(12-14)16-6-9-19(26-16)8-1-10-25-18(19)27;/h2-5,7,11-12,16,26H,1,6,8-10H2,(H,25,27);1H/t16-,19-;/m0./s1. The average molecular weight is 412 g/mol. The van der Waals surface area contributed by atoms with Crippen LogP contribution in [-0.4, -0.2) is 23.0 Å². The highest BCUT2D eigenvalue weighted by atomic mass is 35.5. The number of carbonyl (C=O) groups is 1. The van der Waals surface area contributed by atoms with Crippen LogP contribution < -0.4 is 10.6 Å². The molecule has 1 aromatic heterocycles. The number of carbonyl (C=O) groups excluding carboxylic acids is 1. The van der Waals surface area contributed by atoms with Crippen LogP contribution in [0.5, 0.6) is 0 Å². The number of amides is 1. The van der Waals surface area contributed by atoms with Crippen molar-refractivity contribution in [3.63, 3.8) is 0 Å². The Bertz CT molecular complexity index is 857. The summed E-state index contributed by atoms with van der Waals surface area (Å²) < 4.78 is 38.2. The van der Waals surface area contributed by atoms with Crippen molar-refractivity contribution in [3.8, 4) is 11.1 Å². The molecule has 0 aliphatic carbocycles. The molecule has 0 radical (unpaired) electrons. The molecule has 0 bridgehead atoms. The van der Waals surface area contributed by atoms with Crippen LogP contribution in [0.4, 0.5) is 13.2 Å². The third kappa shape index (κ3) is 3.86. The summed E-state index contributed by atoms with van der Waals surface area (Å²) in [5.74, 6) is 0.0511. The van der Waals surface area contributed by atoms with Crippen LogP contribution >= 0.6 is 12.4 Å². The van der Waals surface area contributed by atoms with E-state index in [0.29, 0.717) is 12.1 Å². The van der Waals surface area contributed by atoms with E-state index in [2.05, 4.69) is 15.6 Å². The van der Waals surface area contributed by atoms with E-state index in [9.17, 15) is 18.0 Å². The Morgan fingerprint density at radius 2 is 1.82 bits per heavy atom. The first-order valence-electron chi connectivity index (χ1n) is 9.07. The lowest BCUT2D eigenvalue weighted by molar-refractivity contribution is -0.137. The van der Waals surface area contributed by atoms with Crippen LogP contribution in [0, 0.1) is 0 Å². The number of piperidine rings is 1. The van der Waals surface area contributed by atoms with Gasteiger partial charge in [-0.1, -0.05) is 12.1 Å². The van der Waals surface area contributed by atoms with E-state index in [4.69, 9.17) is 0 Å². The Morgan fingerprint density at radius 1 is 1.07 bits per heavy atom. The molecule has 1 aromatic carbocycles. The van der Waals surface area contributed by atoms with Gasteiger partial charge in [-0.2, -0.15) is 13.2 Å². The van der Waals surface area contributed by atoms with Crippen molar-refractivity contribution in [2.24, 2.45) is 0 Å². The number of pyridine rings is 1. The van der Waals surface area contributed by atoms with Gasteiger partial charge in [0, 0.05) is 12.7 Å². The fraction of sp³-hybridized carbons (Fsp3) is 0.400. The van der Waals surface area contributed by atoms with Crippen molar-refractivity contribution in [1.29, 1.82) is 0 Å². The minimum Gasteiger partial charge on any atom is -0.354 e. The smallest absolute Gasteiger partial charge is 0.354 e. The van der Waals surface area contributed by atoms with E-state index in [0.717, 1.165) is 49.1 Å². The van der Waals surface area contributed by atoms with Crippen molar-refractivity contribution >= 4 is 18.3 Å². The number of rotatable bonds is 2. The first-order valence-corrected chi connectivity index (χ1v) is 9.07. The Labute approximate surface area is 167 Å². The lowest BCUT2D eigenvalue weighted by Crippen LogP contribution is -2.57. The fourth-order valence-electron chi connectivity index (χ4n) is 4.01. The number of alkyl halides is 3. The molecule has 2 atom stereocenters. The summed E-state index contributed by atoms with van der Waals surface area (Å²) in [7, 11) is 0. The normalized spacial score (nSPS) is 24.7. The second kappa shape index (κ2) is 7.72. The predicted octanol–water partition coefficient (Wildman–Crippen LogP) is 4.26. The molecule has 0 saturated carbocycles. The molecular weight excluding hydrogens is 391 g/mol. The van der Waals surface area contributed by atoms with Gasteiger partial charge in [-0.05, 0) is 61.1 Å². The van der Waals surface area contributed by atoms with E-state index in [1.807, 2.05) is 6.07 Å². The third-order valence-electron chi connectivity index (χ3n) is 5.49. The summed E-state index contributed by atoms with van der Waals surface area (Å²) >= 11 is 0. The number of nitrogens with zero attached hydrogens (tertiary/aromatic N) is 1. The summed E-state index contributed by atoms with van der Waals surface area (Å²) in [6, 6.07) is 8.75. The molecule has 3 heterocycles. The zero-order valence-corrected chi connectivity index (χ0v) is 15.9. The van der Waals surface area contributed by atoms with Gasteiger partial charge in [0.15, 0.2) is 0 Å². The quantitative estimate of drug-likeness (QED) is 0.776. The van der Waals surface area contributed by atoms with Gasteiger partial charge in [-0.15, -0.1) is 12.4 Å². The molecule has 2 aromatic rings. The maximum absolute atomic E-state index is 12.7. The number of nitrogens with one attached hydrogen (secondary N) is 2. The van der Waals surface area contributed by atoms with E-state index >= 15 is 0 Å². The second-order valence-corrected chi connectivity index (χ2v) is 7.22. The maximum atomic E-state index is 12.7. The first kappa shape index (κ1) is 20.6. The first-order chi connectivity index (χ1) is 12.9. The van der Waals surface area contributed by atoms with Gasteiger partial charge >= 0.3 is 6.18 Å². The molecule has 2 N–H and O–H groups in total. The van der Waals surface area contributed by atoms with E-state index in [1.165, 1.54) is 12.1 Å². The minimum absolute atomic E-state index is 0. The monoisotopic (exact) mass is 411 g/mol. The molecule has 4 nitrogen and oxygen atoms in total. The van der Waals surface area contributed by atoms with Gasteiger partial charge < -0.3 is 5.32 Å². The van der Waals surface area contributed by atoms with Gasteiger partial charge in [0.25, 0.3) is 0 Å². The highest BCUT2D eigenvalue weighted by Gasteiger charge is 2.46. The molecular formula is C20H21ClF3N3O. The highest BCUT2D eigenvalue weighted by Crippen LogP contribution is 2.37. The second-order valence-electron chi connectivity index (χ2n) is 7.22. The van der Waals surface area contributed by atoms with Gasteiger partial charge in [-0.25, -0.2) is 0 Å². The molecule has 2 saturated heterocycles. The van der Waals surface area contributed by atoms with Gasteiger partial charge in [0.1, 0.15) is 0 Å². The Balaban J connectivity index is 0.00000225. The molecule has 4 rings (SSSR count). The van der Waals surface area contributed by atoms with Crippen LogP contribution in [0.3, 0.4) is 0 Å². The van der Waals surface area contributed by atoms with Crippen LogP contribution in [-0.2, 0) is 11.0 Å². The van der Waals surface area contributed by atoms with Crippen LogP contribution in [0.1, 0.15) is 43.0 Å². The summed E-state index contributed by atoms with van der Waals surface area (Å²) in [6.45, 7) is 0.717. The zero-order valence-electron chi connectivity index (χ0n) is 15.1. The Kier molecular flexibility index (Phi) is 5.68. The molecule has 1 amide bonds. The lowest BCUT2D eigenvalue weighted by atomic mass is 9.88. The Hall–Kier alpha value is -2.12. The van der Waals surface area contributed by atoms with Crippen molar-refractivity contribution in [2.45, 2.75) is 43.4 Å². The molecule has 0 unspecified atom stereocenters. The number of halogens is 4. The average Bonchev–Trinajstić information content (AvgIpc) is 3.09. The lowest BCUT2D eigenvalue weighted by Gasteiger charge is -2.33. The van der Waals surface area contributed by atoms with E-state index in [-0.39, 0.29) is 24.4 Å². The molecule has 2 aliphatic heterocycles. The SMILES string of the molecule is Cl.O=C1NCCC[C@]12CC[C@@H](c1cc(-c3ccc(C(F)(F)F)cc3)ccn1)N2. The Morgan fingerprint density at radius 3 is 2.50 bits per heavy atom. The van der Waals surface area contributed by atoms with Gasteiger partial charge in [0.2, 0.25) is 5.91 Å². The largest absolute Gasteiger partial charge is 0.416 e. The topological polar surface area (TPSA) is 54.0 Å². The molecule has 150 valence electrons.